The van der Waals surface area contributed by atoms with Crippen molar-refractivity contribution in [2.24, 2.45) is 0 Å². The minimum absolute atomic E-state index is 0.0184. The number of allylic oxidation sites excluding steroid dienone is 1. The molecule has 2 aromatic carbocycles. The lowest BCUT2D eigenvalue weighted by molar-refractivity contribution is -0.113. The lowest BCUT2D eigenvalue weighted by atomic mass is 9.94. The van der Waals surface area contributed by atoms with E-state index in [4.69, 9.17) is 9.47 Å². The number of benzene rings is 2. The number of hydrogen-bond donors (Lipinski definition) is 4. The Morgan fingerprint density at radius 2 is 1.97 bits per heavy atom. The van der Waals surface area contributed by atoms with E-state index in [9.17, 15) is 19.5 Å². The van der Waals surface area contributed by atoms with Crippen LogP contribution in [-0.2, 0) is 9.53 Å². The molecular formula is C22H22IN3O6. The second-order valence-electron chi connectivity index (χ2n) is 6.84. The molecule has 168 valence electrons. The maximum atomic E-state index is 13.3. The lowest BCUT2D eigenvalue weighted by Crippen LogP contribution is -2.46. The molecule has 1 heterocycles. The van der Waals surface area contributed by atoms with Crippen LogP contribution >= 0.6 is 22.6 Å². The summed E-state index contributed by atoms with van der Waals surface area (Å²) in [6, 6.07) is 8.42. The number of urea groups is 1. The van der Waals surface area contributed by atoms with Crippen LogP contribution < -0.4 is 20.7 Å². The van der Waals surface area contributed by atoms with Gasteiger partial charge in [-0.15, -0.1) is 0 Å². The van der Waals surface area contributed by atoms with Crippen molar-refractivity contribution in [3.8, 4) is 11.5 Å². The van der Waals surface area contributed by atoms with Crippen LogP contribution in [-0.4, -0.2) is 36.7 Å². The summed E-state index contributed by atoms with van der Waals surface area (Å²) in [6.45, 7) is 3.73. The van der Waals surface area contributed by atoms with Crippen molar-refractivity contribution in [2.45, 2.75) is 19.9 Å². The van der Waals surface area contributed by atoms with Crippen LogP contribution in [0.3, 0.4) is 0 Å². The van der Waals surface area contributed by atoms with Crippen molar-refractivity contribution in [3.63, 3.8) is 0 Å². The summed E-state index contributed by atoms with van der Waals surface area (Å²) in [5.74, 6) is -0.879. The number of rotatable bonds is 6. The predicted octanol–water partition coefficient (Wildman–Crippen LogP) is 3.45. The van der Waals surface area contributed by atoms with Crippen LogP contribution in [0.5, 0.6) is 11.5 Å². The third kappa shape index (κ3) is 4.79. The number of phenols is 1. The Balaban J connectivity index is 2.03. The third-order valence-electron chi connectivity index (χ3n) is 4.78. The number of phenolic OH excluding ortho intramolecular Hbond substituents is 1. The summed E-state index contributed by atoms with van der Waals surface area (Å²) >= 11 is 1.95. The minimum atomic E-state index is -0.817. The third-order valence-corrected chi connectivity index (χ3v) is 5.60. The Kier molecular flexibility index (Phi) is 7.23. The van der Waals surface area contributed by atoms with E-state index in [2.05, 4.69) is 16.0 Å². The van der Waals surface area contributed by atoms with Crippen LogP contribution in [0.15, 0.2) is 47.7 Å². The molecule has 9 nitrogen and oxygen atoms in total. The van der Waals surface area contributed by atoms with E-state index in [1.807, 2.05) is 22.6 Å². The van der Waals surface area contributed by atoms with Gasteiger partial charge in [-0.3, -0.25) is 4.79 Å². The average Bonchev–Trinajstić information content (AvgIpc) is 2.76. The molecule has 10 heteroatoms. The number of para-hydroxylation sites is 1. The van der Waals surface area contributed by atoms with Gasteiger partial charge in [0, 0.05) is 5.70 Å². The number of aromatic hydroxyl groups is 1. The van der Waals surface area contributed by atoms with Crippen molar-refractivity contribution < 1.29 is 29.0 Å². The topological polar surface area (TPSA) is 126 Å². The monoisotopic (exact) mass is 551 g/mol. The molecule has 3 rings (SSSR count). The molecule has 0 saturated carbocycles. The first-order chi connectivity index (χ1) is 15.3. The maximum Gasteiger partial charge on any atom is 0.339 e. The zero-order chi connectivity index (χ0) is 23.4. The molecule has 0 bridgehead atoms. The normalized spacial score (nSPS) is 15.5. The first-order valence-corrected chi connectivity index (χ1v) is 10.8. The molecule has 0 unspecified atom stereocenters. The summed E-state index contributed by atoms with van der Waals surface area (Å²) in [6.07, 6.45) is 0. The van der Waals surface area contributed by atoms with Crippen LogP contribution in [0.1, 0.15) is 35.8 Å². The zero-order valence-corrected chi connectivity index (χ0v) is 19.8. The molecule has 0 spiro atoms. The van der Waals surface area contributed by atoms with Gasteiger partial charge in [0.2, 0.25) is 0 Å². The predicted molar refractivity (Wildman–Crippen MR) is 126 cm³/mol. The molecule has 1 aliphatic heterocycles. The van der Waals surface area contributed by atoms with Gasteiger partial charge in [-0.2, -0.15) is 0 Å². The smallest absolute Gasteiger partial charge is 0.339 e. The van der Waals surface area contributed by atoms with Crippen molar-refractivity contribution in [1.82, 2.24) is 10.6 Å². The van der Waals surface area contributed by atoms with Gasteiger partial charge in [0.1, 0.15) is 0 Å². The molecule has 0 saturated heterocycles. The molecular weight excluding hydrogens is 529 g/mol. The highest BCUT2D eigenvalue weighted by atomic mass is 127. The quantitative estimate of drug-likeness (QED) is 0.322. The summed E-state index contributed by atoms with van der Waals surface area (Å²) in [4.78, 5) is 37.6. The Labute approximate surface area is 198 Å². The van der Waals surface area contributed by atoms with E-state index in [-0.39, 0.29) is 28.3 Å². The number of halogens is 1. The molecule has 32 heavy (non-hydrogen) atoms. The zero-order valence-electron chi connectivity index (χ0n) is 17.6. The molecule has 0 aliphatic carbocycles. The number of carbonyl (C=O) groups is 3. The largest absolute Gasteiger partial charge is 0.504 e. The van der Waals surface area contributed by atoms with Gasteiger partial charge in [-0.05, 0) is 66.3 Å². The van der Waals surface area contributed by atoms with E-state index < -0.39 is 23.9 Å². The van der Waals surface area contributed by atoms with Crippen molar-refractivity contribution >= 4 is 46.2 Å². The summed E-state index contributed by atoms with van der Waals surface area (Å²) < 4.78 is 10.8. The minimum Gasteiger partial charge on any atom is -0.504 e. The van der Waals surface area contributed by atoms with Crippen LogP contribution in [0.4, 0.5) is 10.5 Å². The first kappa shape index (κ1) is 23.4. The lowest BCUT2D eigenvalue weighted by Gasteiger charge is -2.29. The number of anilines is 1. The van der Waals surface area contributed by atoms with E-state index in [1.165, 1.54) is 13.2 Å². The molecule has 0 aromatic heterocycles. The van der Waals surface area contributed by atoms with E-state index in [0.717, 1.165) is 0 Å². The van der Waals surface area contributed by atoms with Crippen LogP contribution in [0.25, 0.3) is 0 Å². The number of methoxy groups -OCH3 is 1. The fourth-order valence-corrected chi connectivity index (χ4v) is 3.97. The number of amides is 3. The highest BCUT2D eigenvalue weighted by Crippen LogP contribution is 2.37. The van der Waals surface area contributed by atoms with Gasteiger partial charge in [0.05, 0.1) is 40.2 Å². The number of ether oxygens (including phenoxy) is 2. The number of nitrogens with one attached hydrogen (secondary N) is 3. The maximum absolute atomic E-state index is 13.3. The Morgan fingerprint density at radius 1 is 1.25 bits per heavy atom. The molecule has 1 aliphatic rings. The van der Waals surface area contributed by atoms with Crippen molar-refractivity contribution in [3.05, 3.63) is 62.4 Å². The molecule has 4 N–H and O–H groups in total. The van der Waals surface area contributed by atoms with E-state index >= 15 is 0 Å². The Morgan fingerprint density at radius 3 is 2.66 bits per heavy atom. The number of carbonyl (C=O) groups excluding carboxylic acids is 3. The number of hydrogen-bond acceptors (Lipinski definition) is 6. The number of esters is 1. The Bertz CT molecular complexity index is 1110. The standard InChI is InChI=1S/C22H22IN3O6/c1-4-32-16-10-12(9-14(23)19(16)27)18-17(11(2)24-22(30)26-18)20(28)25-15-8-6-5-7-13(15)21(29)31-3/h5-10,18,27H,4H2,1-3H3,(H,25,28)(H2,24,26,30)/t18-/m1/s1. The summed E-state index contributed by atoms with van der Waals surface area (Å²) in [5, 5.41) is 18.3. The molecule has 3 amide bonds. The molecule has 0 fully saturated rings. The highest BCUT2D eigenvalue weighted by Gasteiger charge is 2.32. The van der Waals surface area contributed by atoms with E-state index in [0.29, 0.717) is 21.4 Å². The van der Waals surface area contributed by atoms with Crippen molar-refractivity contribution in [2.75, 3.05) is 19.0 Å². The fraction of sp³-hybridized carbons (Fsp3) is 0.227. The van der Waals surface area contributed by atoms with Crippen LogP contribution in [0.2, 0.25) is 0 Å². The van der Waals surface area contributed by atoms with Crippen LogP contribution in [0, 0.1) is 3.57 Å². The van der Waals surface area contributed by atoms with E-state index in [1.54, 1.807) is 44.2 Å². The Hall–Kier alpha value is -3.28. The highest BCUT2D eigenvalue weighted by molar-refractivity contribution is 14.1. The van der Waals surface area contributed by atoms with Gasteiger partial charge in [0.25, 0.3) is 5.91 Å². The molecule has 2 aromatic rings. The molecule has 0 radical (unpaired) electrons. The van der Waals surface area contributed by atoms with Gasteiger partial charge >= 0.3 is 12.0 Å². The SMILES string of the molecule is CCOc1cc([C@H]2NC(=O)NC(C)=C2C(=O)Nc2ccccc2C(=O)OC)cc(I)c1O. The second kappa shape index (κ2) is 9.90. The van der Waals surface area contributed by atoms with Gasteiger partial charge in [0.15, 0.2) is 11.5 Å². The molecule has 1 atom stereocenters. The van der Waals surface area contributed by atoms with Gasteiger partial charge in [-0.25, -0.2) is 9.59 Å². The van der Waals surface area contributed by atoms with Gasteiger partial charge < -0.3 is 30.5 Å². The fourth-order valence-electron chi connectivity index (χ4n) is 3.34. The summed E-state index contributed by atoms with van der Waals surface area (Å²) in [5.41, 5.74) is 1.62. The summed E-state index contributed by atoms with van der Waals surface area (Å²) in [7, 11) is 1.26. The first-order valence-electron chi connectivity index (χ1n) is 9.69. The van der Waals surface area contributed by atoms with Crippen molar-refractivity contribution in [1.29, 1.82) is 0 Å². The second-order valence-corrected chi connectivity index (χ2v) is 8.01. The van der Waals surface area contributed by atoms with Gasteiger partial charge in [-0.1, -0.05) is 12.1 Å². The average molecular weight is 551 g/mol.